The lowest BCUT2D eigenvalue weighted by atomic mass is 10.1. The Morgan fingerprint density at radius 3 is 2.10 bits per heavy atom. The van der Waals surface area contributed by atoms with E-state index in [2.05, 4.69) is 0 Å². The molecule has 0 aliphatic rings. The van der Waals surface area contributed by atoms with Crippen LogP contribution in [-0.2, 0) is 16.3 Å². The molecule has 0 atom stereocenters. The van der Waals surface area contributed by atoms with Crippen molar-refractivity contribution in [2.24, 2.45) is 0 Å². The van der Waals surface area contributed by atoms with Crippen LogP contribution in [-0.4, -0.2) is 20.0 Å². The Labute approximate surface area is 119 Å². The second kappa shape index (κ2) is 6.01. The minimum absolute atomic E-state index is 0.00783. The number of Topliss-reactive ketones (excluding diaryl/α,β-unsaturated/α-hetero) is 1. The molecule has 0 aliphatic heterocycles. The first kappa shape index (κ1) is 14.5. The third-order valence-corrected chi connectivity index (χ3v) is 4.85. The molecule has 0 aliphatic carbocycles. The van der Waals surface area contributed by atoms with Crippen LogP contribution in [0.15, 0.2) is 59.5 Å². The molecule has 0 amide bonds. The molecule has 2 rings (SSSR count). The molecule has 4 heteroatoms. The van der Waals surface area contributed by atoms with Crippen LogP contribution in [0.3, 0.4) is 0 Å². The van der Waals surface area contributed by atoms with E-state index >= 15 is 0 Å². The second-order valence-electron chi connectivity index (χ2n) is 4.64. The summed E-state index contributed by atoms with van der Waals surface area (Å²) in [5, 5.41) is 0. The summed E-state index contributed by atoms with van der Waals surface area (Å²) in [6.45, 7) is 1.51. The van der Waals surface area contributed by atoms with Gasteiger partial charge in [0.1, 0.15) is 0 Å². The van der Waals surface area contributed by atoms with E-state index in [9.17, 15) is 13.2 Å². The Balaban J connectivity index is 2.07. The van der Waals surface area contributed by atoms with Crippen molar-refractivity contribution in [3.63, 3.8) is 0 Å². The number of rotatable bonds is 5. The first-order valence-electron chi connectivity index (χ1n) is 6.37. The summed E-state index contributed by atoms with van der Waals surface area (Å²) in [6, 6.07) is 15.5. The molecule has 0 saturated heterocycles. The molecule has 0 spiro atoms. The number of ketones is 1. The van der Waals surface area contributed by atoms with Gasteiger partial charge in [-0.1, -0.05) is 42.5 Å². The number of aryl methyl sites for hydroxylation is 1. The molecule has 0 N–H and O–H groups in total. The van der Waals surface area contributed by atoms with E-state index in [1.165, 1.54) is 6.92 Å². The highest BCUT2D eigenvalue weighted by atomic mass is 32.2. The molecule has 2 aromatic rings. The van der Waals surface area contributed by atoms with Crippen molar-refractivity contribution in [3.8, 4) is 0 Å². The standard InChI is InChI=1S/C16H16O3S/c1-13(17)15-9-7-14(8-10-15)11-12-20(18,19)16-5-3-2-4-6-16/h2-10H,11-12H2,1H3. The van der Waals surface area contributed by atoms with Crippen LogP contribution in [0.25, 0.3) is 0 Å². The fourth-order valence-electron chi connectivity index (χ4n) is 1.90. The maximum atomic E-state index is 12.1. The monoisotopic (exact) mass is 288 g/mol. The Bertz CT molecular complexity index is 686. The van der Waals surface area contributed by atoms with E-state index < -0.39 is 9.84 Å². The van der Waals surface area contributed by atoms with Gasteiger partial charge in [-0.25, -0.2) is 8.42 Å². The lowest BCUT2D eigenvalue weighted by Gasteiger charge is -2.05. The zero-order valence-corrected chi connectivity index (χ0v) is 12.1. The average molecular weight is 288 g/mol. The van der Waals surface area contributed by atoms with Crippen LogP contribution in [0.2, 0.25) is 0 Å². The minimum atomic E-state index is -3.25. The highest BCUT2D eigenvalue weighted by Gasteiger charge is 2.13. The first-order valence-corrected chi connectivity index (χ1v) is 8.02. The van der Waals surface area contributed by atoms with E-state index in [1.807, 2.05) is 0 Å². The van der Waals surface area contributed by atoms with E-state index in [1.54, 1.807) is 54.6 Å². The molecule has 0 radical (unpaired) electrons. The summed E-state index contributed by atoms with van der Waals surface area (Å²) in [5.41, 5.74) is 1.55. The molecule has 0 bridgehead atoms. The third kappa shape index (κ3) is 3.54. The fraction of sp³-hybridized carbons (Fsp3) is 0.188. The van der Waals surface area contributed by atoms with Gasteiger partial charge in [-0.3, -0.25) is 4.79 Å². The Kier molecular flexibility index (Phi) is 4.35. The molecule has 20 heavy (non-hydrogen) atoms. The molecule has 0 aromatic heterocycles. The van der Waals surface area contributed by atoms with Crippen molar-refractivity contribution in [1.29, 1.82) is 0 Å². The Morgan fingerprint density at radius 1 is 0.950 bits per heavy atom. The van der Waals surface area contributed by atoms with E-state index in [0.717, 1.165) is 5.56 Å². The largest absolute Gasteiger partial charge is 0.295 e. The van der Waals surface area contributed by atoms with Gasteiger partial charge in [0.15, 0.2) is 15.6 Å². The summed E-state index contributed by atoms with van der Waals surface area (Å²) in [5.74, 6) is 0.0737. The predicted molar refractivity (Wildman–Crippen MR) is 78.6 cm³/mol. The zero-order valence-electron chi connectivity index (χ0n) is 11.2. The van der Waals surface area contributed by atoms with Crippen molar-refractivity contribution in [1.82, 2.24) is 0 Å². The van der Waals surface area contributed by atoms with Crippen LogP contribution < -0.4 is 0 Å². The van der Waals surface area contributed by atoms with Gasteiger partial charge in [-0.2, -0.15) is 0 Å². The summed E-state index contributed by atoms with van der Waals surface area (Å²) in [6.07, 6.45) is 0.440. The molecule has 0 heterocycles. The van der Waals surface area contributed by atoms with Crippen LogP contribution in [0.1, 0.15) is 22.8 Å². The fourth-order valence-corrected chi connectivity index (χ4v) is 3.22. The zero-order chi connectivity index (χ0) is 14.6. The lowest BCUT2D eigenvalue weighted by molar-refractivity contribution is 0.101. The quantitative estimate of drug-likeness (QED) is 0.795. The lowest BCUT2D eigenvalue weighted by Crippen LogP contribution is -2.09. The van der Waals surface area contributed by atoms with Gasteiger partial charge >= 0.3 is 0 Å². The number of carbonyl (C=O) groups is 1. The highest BCUT2D eigenvalue weighted by molar-refractivity contribution is 7.91. The molecule has 0 fully saturated rings. The summed E-state index contributed by atoms with van der Waals surface area (Å²) < 4.78 is 24.3. The van der Waals surface area contributed by atoms with E-state index in [4.69, 9.17) is 0 Å². The molecule has 104 valence electrons. The molecule has 0 saturated carbocycles. The Morgan fingerprint density at radius 2 is 1.55 bits per heavy atom. The number of carbonyl (C=O) groups excluding carboxylic acids is 1. The summed E-state index contributed by atoms with van der Waals surface area (Å²) >= 11 is 0. The summed E-state index contributed by atoms with van der Waals surface area (Å²) in [4.78, 5) is 11.5. The van der Waals surface area contributed by atoms with Crippen molar-refractivity contribution < 1.29 is 13.2 Å². The van der Waals surface area contributed by atoms with Gasteiger partial charge in [0.2, 0.25) is 0 Å². The number of sulfone groups is 1. The maximum absolute atomic E-state index is 12.1. The summed E-state index contributed by atoms with van der Waals surface area (Å²) in [7, 11) is -3.25. The smallest absolute Gasteiger partial charge is 0.178 e. The van der Waals surface area contributed by atoms with Crippen molar-refractivity contribution >= 4 is 15.6 Å². The number of hydrogen-bond acceptors (Lipinski definition) is 3. The van der Waals surface area contributed by atoms with E-state index in [0.29, 0.717) is 16.9 Å². The topological polar surface area (TPSA) is 51.2 Å². The Hall–Kier alpha value is -1.94. The van der Waals surface area contributed by atoms with Crippen LogP contribution in [0, 0.1) is 0 Å². The highest BCUT2D eigenvalue weighted by Crippen LogP contribution is 2.13. The average Bonchev–Trinajstić information content (AvgIpc) is 2.46. The van der Waals surface area contributed by atoms with E-state index in [-0.39, 0.29) is 11.5 Å². The van der Waals surface area contributed by atoms with Gasteiger partial charge in [0.25, 0.3) is 0 Å². The van der Waals surface area contributed by atoms with Crippen molar-refractivity contribution in [3.05, 3.63) is 65.7 Å². The number of hydrogen-bond donors (Lipinski definition) is 0. The molecular formula is C16H16O3S. The predicted octanol–water partition coefficient (Wildman–Crippen LogP) is 2.91. The third-order valence-electron chi connectivity index (χ3n) is 3.12. The van der Waals surface area contributed by atoms with Gasteiger partial charge in [-0.05, 0) is 31.0 Å². The molecule has 0 unspecified atom stereocenters. The van der Waals surface area contributed by atoms with Crippen molar-refractivity contribution in [2.45, 2.75) is 18.2 Å². The van der Waals surface area contributed by atoms with Crippen LogP contribution >= 0.6 is 0 Å². The molecular weight excluding hydrogens is 272 g/mol. The van der Waals surface area contributed by atoms with Gasteiger partial charge < -0.3 is 0 Å². The van der Waals surface area contributed by atoms with Crippen LogP contribution in [0.5, 0.6) is 0 Å². The van der Waals surface area contributed by atoms with Gasteiger partial charge in [-0.15, -0.1) is 0 Å². The van der Waals surface area contributed by atoms with Gasteiger partial charge in [0, 0.05) is 5.56 Å². The van der Waals surface area contributed by atoms with Crippen LogP contribution in [0.4, 0.5) is 0 Å². The molecule has 2 aromatic carbocycles. The molecule has 3 nitrogen and oxygen atoms in total. The SMILES string of the molecule is CC(=O)c1ccc(CCS(=O)(=O)c2ccccc2)cc1. The normalized spacial score (nSPS) is 11.2. The number of benzene rings is 2. The minimum Gasteiger partial charge on any atom is -0.295 e. The van der Waals surface area contributed by atoms with Crippen molar-refractivity contribution in [2.75, 3.05) is 5.75 Å². The maximum Gasteiger partial charge on any atom is 0.178 e. The first-order chi connectivity index (χ1) is 9.49. The van der Waals surface area contributed by atoms with Gasteiger partial charge in [0.05, 0.1) is 10.6 Å². The second-order valence-corrected chi connectivity index (χ2v) is 6.74.